The quantitative estimate of drug-likeness (QED) is 0.707. The molecule has 0 spiro atoms. The Kier molecular flexibility index (Phi) is 2.35. The second-order valence-electron chi connectivity index (χ2n) is 5.02. The number of hydrogen-bond donors (Lipinski definition) is 3. The van der Waals surface area contributed by atoms with Crippen LogP contribution in [0, 0.1) is 0 Å². The highest BCUT2D eigenvalue weighted by atomic mass is 16.4. The van der Waals surface area contributed by atoms with Gasteiger partial charge in [0.05, 0.1) is 17.5 Å². The first-order chi connectivity index (χ1) is 9.00. The van der Waals surface area contributed by atoms with Crippen LogP contribution < -0.4 is 11.1 Å². The summed E-state index contributed by atoms with van der Waals surface area (Å²) in [5, 5.41) is 8.94. The zero-order valence-electron chi connectivity index (χ0n) is 10.0. The van der Waals surface area contributed by atoms with Gasteiger partial charge in [-0.15, -0.1) is 0 Å². The molecule has 0 saturated heterocycles. The Labute approximate surface area is 107 Å². The number of aromatic amines is 2. The summed E-state index contributed by atoms with van der Waals surface area (Å²) in [4.78, 5) is 38.4. The van der Waals surface area contributed by atoms with Crippen LogP contribution in [-0.2, 0) is 10.2 Å². The van der Waals surface area contributed by atoms with E-state index in [0.717, 1.165) is 18.4 Å². The van der Waals surface area contributed by atoms with Crippen molar-refractivity contribution in [2.24, 2.45) is 0 Å². The molecule has 0 bridgehead atoms. The van der Waals surface area contributed by atoms with E-state index in [2.05, 4.69) is 9.97 Å². The summed E-state index contributed by atoms with van der Waals surface area (Å²) in [5.74, 6) is -0.826. The lowest BCUT2D eigenvalue weighted by Crippen LogP contribution is -2.29. The second-order valence-corrected chi connectivity index (χ2v) is 5.02. The molecule has 1 aromatic heterocycles. The van der Waals surface area contributed by atoms with E-state index in [0.29, 0.717) is 11.0 Å². The normalized spacial score (nSPS) is 16.4. The third kappa shape index (κ3) is 1.95. The SMILES string of the molecule is O=C(O)CC1(c2ccc3[nH]c(=O)c(=O)[nH]c3c2)CC1. The van der Waals surface area contributed by atoms with Gasteiger partial charge in [-0.3, -0.25) is 14.4 Å². The van der Waals surface area contributed by atoms with Crippen molar-refractivity contribution in [2.45, 2.75) is 24.7 Å². The third-order valence-corrected chi connectivity index (χ3v) is 3.68. The highest BCUT2D eigenvalue weighted by Crippen LogP contribution is 2.51. The summed E-state index contributed by atoms with van der Waals surface area (Å²) in [7, 11) is 0. The smallest absolute Gasteiger partial charge is 0.314 e. The molecule has 98 valence electrons. The van der Waals surface area contributed by atoms with Gasteiger partial charge in [-0.25, -0.2) is 0 Å². The van der Waals surface area contributed by atoms with E-state index in [1.807, 2.05) is 6.07 Å². The molecule has 19 heavy (non-hydrogen) atoms. The maximum atomic E-state index is 11.3. The second kappa shape index (κ2) is 3.81. The molecular formula is C13H12N2O4. The average molecular weight is 260 g/mol. The number of hydrogen-bond acceptors (Lipinski definition) is 3. The van der Waals surface area contributed by atoms with Gasteiger partial charge in [0.25, 0.3) is 0 Å². The van der Waals surface area contributed by atoms with Crippen LogP contribution in [0.25, 0.3) is 11.0 Å². The number of fused-ring (bicyclic) bond motifs is 1. The van der Waals surface area contributed by atoms with Crippen molar-refractivity contribution in [1.82, 2.24) is 9.97 Å². The molecule has 1 aliphatic carbocycles. The summed E-state index contributed by atoms with van der Waals surface area (Å²) in [6.07, 6.45) is 1.75. The average Bonchev–Trinajstić information content (AvgIpc) is 3.10. The Balaban J connectivity index is 2.12. The van der Waals surface area contributed by atoms with Crippen LogP contribution in [0.4, 0.5) is 0 Å². The van der Waals surface area contributed by atoms with Crippen molar-refractivity contribution < 1.29 is 9.90 Å². The Bertz CT molecular complexity index is 783. The van der Waals surface area contributed by atoms with Crippen LogP contribution in [-0.4, -0.2) is 21.0 Å². The number of nitrogens with one attached hydrogen (secondary N) is 2. The van der Waals surface area contributed by atoms with Gasteiger partial charge in [-0.1, -0.05) is 6.07 Å². The molecule has 1 aliphatic rings. The number of rotatable bonds is 3. The molecule has 6 nitrogen and oxygen atoms in total. The van der Waals surface area contributed by atoms with Crippen LogP contribution in [0.5, 0.6) is 0 Å². The zero-order chi connectivity index (χ0) is 13.6. The fraction of sp³-hybridized carbons (Fsp3) is 0.308. The fourth-order valence-electron chi connectivity index (χ4n) is 2.45. The zero-order valence-corrected chi connectivity index (χ0v) is 10.0. The minimum atomic E-state index is -0.826. The standard InChI is InChI=1S/C13H12N2O4/c16-10(17)6-13(3-4-13)7-1-2-8-9(5-7)15-12(19)11(18)14-8/h1-2,5H,3-4,6H2,(H,14,18)(H,15,19)(H,16,17). The topological polar surface area (TPSA) is 103 Å². The summed E-state index contributed by atoms with van der Waals surface area (Å²) >= 11 is 0. The lowest BCUT2D eigenvalue weighted by Gasteiger charge is -2.13. The first-order valence-electron chi connectivity index (χ1n) is 5.99. The molecular weight excluding hydrogens is 248 g/mol. The molecule has 1 heterocycles. The van der Waals surface area contributed by atoms with Gasteiger partial charge in [0.15, 0.2) is 0 Å². The van der Waals surface area contributed by atoms with Crippen molar-refractivity contribution in [1.29, 1.82) is 0 Å². The summed E-state index contributed by atoms with van der Waals surface area (Å²) in [6.45, 7) is 0. The molecule has 1 aromatic carbocycles. The van der Waals surface area contributed by atoms with E-state index >= 15 is 0 Å². The molecule has 6 heteroatoms. The van der Waals surface area contributed by atoms with Gasteiger partial charge in [-0.05, 0) is 30.5 Å². The van der Waals surface area contributed by atoms with Crippen molar-refractivity contribution in [2.75, 3.05) is 0 Å². The van der Waals surface area contributed by atoms with Crippen LogP contribution in [0.2, 0.25) is 0 Å². The molecule has 0 unspecified atom stereocenters. The first kappa shape index (κ1) is 11.7. The van der Waals surface area contributed by atoms with Crippen molar-refractivity contribution in [3.63, 3.8) is 0 Å². The Morgan fingerprint density at radius 1 is 1.16 bits per heavy atom. The Morgan fingerprint density at radius 2 is 1.79 bits per heavy atom. The Morgan fingerprint density at radius 3 is 2.37 bits per heavy atom. The third-order valence-electron chi connectivity index (χ3n) is 3.68. The van der Waals surface area contributed by atoms with Crippen molar-refractivity contribution >= 4 is 17.0 Å². The van der Waals surface area contributed by atoms with Crippen molar-refractivity contribution in [3.05, 3.63) is 44.5 Å². The van der Waals surface area contributed by atoms with E-state index in [9.17, 15) is 14.4 Å². The minimum absolute atomic E-state index is 0.0894. The summed E-state index contributed by atoms with van der Waals surface area (Å²) in [5.41, 5.74) is 0.260. The number of carbonyl (C=O) groups is 1. The van der Waals surface area contributed by atoms with Crippen LogP contribution >= 0.6 is 0 Å². The van der Waals surface area contributed by atoms with Crippen LogP contribution in [0.3, 0.4) is 0 Å². The van der Waals surface area contributed by atoms with Gasteiger partial charge >= 0.3 is 17.1 Å². The molecule has 3 N–H and O–H groups in total. The highest BCUT2D eigenvalue weighted by Gasteiger charge is 2.46. The number of aromatic nitrogens is 2. The van der Waals surface area contributed by atoms with E-state index < -0.39 is 17.1 Å². The molecule has 0 aliphatic heterocycles. The molecule has 0 amide bonds. The largest absolute Gasteiger partial charge is 0.481 e. The predicted molar refractivity (Wildman–Crippen MR) is 68.4 cm³/mol. The molecule has 0 radical (unpaired) electrons. The summed E-state index contributed by atoms with van der Waals surface area (Å²) < 4.78 is 0. The van der Waals surface area contributed by atoms with E-state index in [1.54, 1.807) is 12.1 Å². The first-order valence-corrected chi connectivity index (χ1v) is 5.99. The van der Waals surface area contributed by atoms with Gasteiger partial charge in [0.1, 0.15) is 0 Å². The lowest BCUT2D eigenvalue weighted by atomic mass is 9.92. The number of carboxylic acids is 1. The number of aliphatic carboxylic acids is 1. The minimum Gasteiger partial charge on any atom is -0.481 e. The van der Waals surface area contributed by atoms with Gasteiger partial charge < -0.3 is 15.1 Å². The van der Waals surface area contributed by atoms with Gasteiger partial charge in [0, 0.05) is 5.41 Å². The van der Waals surface area contributed by atoms with E-state index in [-0.39, 0.29) is 11.8 Å². The van der Waals surface area contributed by atoms with Crippen molar-refractivity contribution in [3.8, 4) is 0 Å². The number of carboxylic acid groups (broad SMARTS) is 1. The predicted octanol–water partition coefficient (Wildman–Crippen LogP) is 0.723. The molecule has 2 aromatic rings. The summed E-state index contributed by atoms with van der Waals surface area (Å²) in [6, 6.07) is 5.26. The molecule has 3 rings (SSSR count). The van der Waals surface area contributed by atoms with Gasteiger partial charge in [-0.2, -0.15) is 0 Å². The highest BCUT2D eigenvalue weighted by molar-refractivity contribution is 5.76. The maximum absolute atomic E-state index is 11.3. The van der Waals surface area contributed by atoms with E-state index in [1.165, 1.54) is 0 Å². The molecule has 1 fully saturated rings. The fourth-order valence-corrected chi connectivity index (χ4v) is 2.45. The Hall–Kier alpha value is -2.37. The number of benzene rings is 1. The van der Waals surface area contributed by atoms with Gasteiger partial charge in [0.2, 0.25) is 0 Å². The number of H-pyrrole nitrogens is 2. The maximum Gasteiger partial charge on any atom is 0.314 e. The monoisotopic (exact) mass is 260 g/mol. The van der Waals surface area contributed by atoms with Crippen LogP contribution in [0.1, 0.15) is 24.8 Å². The molecule has 0 atom stereocenters. The lowest BCUT2D eigenvalue weighted by molar-refractivity contribution is -0.137. The van der Waals surface area contributed by atoms with Crippen LogP contribution in [0.15, 0.2) is 27.8 Å². The molecule has 1 saturated carbocycles. The van der Waals surface area contributed by atoms with E-state index in [4.69, 9.17) is 5.11 Å².